The Morgan fingerprint density at radius 2 is 2.00 bits per heavy atom. The lowest BCUT2D eigenvalue weighted by Gasteiger charge is -2.17. The number of benzene rings is 1. The summed E-state index contributed by atoms with van der Waals surface area (Å²) in [4.78, 5) is 0.288. The van der Waals surface area contributed by atoms with Gasteiger partial charge in [0.2, 0.25) is 10.0 Å². The minimum Gasteiger partial charge on any atom is -0.381 e. The fraction of sp³-hybridized carbons (Fsp3) is 0.625. The van der Waals surface area contributed by atoms with E-state index in [-0.39, 0.29) is 17.0 Å². The van der Waals surface area contributed by atoms with E-state index in [4.69, 9.17) is 9.47 Å². The van der Waals surface area contributed by atoms with Crippen LogP contribution in [0.1, 0.15) is 31.7 Å². The van der Waals surface area contributed by atoms with Crippen LogP contribution in [-0.2, 0) is 19.5 Å². The van der Waals surface area contributed by atoms with E-state index in [1.807, 2.05) is 6.92 Å². The van der Waals surface area contributed by atoms with Gasteiger partial charge in [0.25, 0.3) is 0 Å². The Morgan fingerprint density at radius 3 is 2.59 bits per heavy atom. The van der Waals surface area contributed by atoms with Gasteiger partial charge in [-0.3, -0.25) is 0 Å². The van der Waals surface area contributed by atoms with Crippen LogP contribution in [0.5, 0.6) is 0 Å². The van der Waals surface area contributed by atoms with Crippen molar-refractivity contribution in [3.05, 3.63) is 29.8 Å². The van der Waals surface area contributed by atoms with Crippen molar-refractivity contribution in [2.75, 3.05) is 19.8 Å². The highest BCUT2D eigenvalue weighted by Crippen LogP contribution is 2.20. The molecule has 5 nitrogen and oxygen atoms in total. The fourth-order valence-corrected chi connectivity index (χ4v) is 3.45. The van der Waals surface area contributed by atoms with E-state index in [2.05, 4.69) is 11.6 Å². The van der Waals surface area contributed by atoms with Crippen molar-refractivity contribution in [1.82, 2.24) is 4.72 Å². The quantitative estimate of drug-likeness (QED) is 0.529. The molecule has 0 amide bonds. The first-order chi connectivity index (χ1) is 10.5. The van der Waals surface area contributed by atoms with Crippen LogP contribution in [0.3, 0.4) is 0 Å². The average Bonchev–Trinajstić information content (AvgIpc) is 3.31. The zero-order valence-electron chi connectivity index (χ0n) is 13.2. The lowest BCUT2D eigenvalue weighted by molar-refractivity contribution is 0.120. The number of rotatable bonds is 10. The molecule has 1 aliphatic heterocycles. The van der Waals surface area contributed by atoms with Crippen LogP contribution in [0.2, 0.25) is 0 Å². The summed E-state index contributed by atoms with van der Waals surface area (Å²) in [7, 11) is -3.51. The lowest BCUT2D eigenvalue weighted by Crippen LogP contribution is -2.39. The molecule has 0 aliphatic carbocycles. The first-order valence-corrected chi connectivity index (χ1v) is 9.29. The van der Waals surface area contributed by atoms with E-state index in [0.29, 0.717) is 19.6 Å². The van der Waals surface area contributed by atoms with Crippen LogP contribution in [0, 0.1) is 6.92 Å². The Kier molecular flexibility index (Phi) is 6.37. The Balaban J connectivity index is 1.90. The van der Waals surface area contributed by atoms with Gasteiger partial charge in [-0.1, -0.05) is 31.0 Å². The van der Waals surface area contributed by atoms with E-state index < -0.39 is 10.0 Å². The van der Waals surface area contributed by atoms with Crippen LogP contribution < -0.4 is 4.72 Å². The zero-order chi connectivity index (χ0) is 16.0. The third-order valence-electron chi connectivity index (χ3n) is 3.66. The molecule has 1 heterocycles. The molecule has 0 saturated carbocycles. The van der Waals surface area contributed by atoms with Crippen molar-refractivity contribution < 1.29 is 17.9 Å². The van der Waals surface area contributed by atoms with Crippen molar-refractivity contribution in [1.29, 1.82) is 0 Å². The van der Waals surface area contributed by atoms with Crippen molar-refractivity contribution in [3.63, 3.8) is 0 Å². The Bertz CT molecular complexity index is 552. The second-order valence-electron chi connectivity index (χ2n) is 5.67. The molecule has 0 aromatic heterocycles. The molecular weight excluding hydrogens is 302 g/mol. The molecule has 1 fully saturated rings. The third-order valence-corrected chi connectivity index (χ3v) is 5.17. The largest absolute Gasteiger partial charge is 0.381 e. The second-order valence-corrected chi connectivity index (χ2v) is 7.38. The van der Waals surface area contributed by atoms with E-state index in [9.17, 15) is 8.42 Å². The molecule has 6 heteroatoms. The summed E-state index contributed by atoms with van der Waals surface area (Å²) in [5.74, 6) is 0. The van der Waals surface area contributed by atoms with Gasteiger partial charge in [0.15, 0.2) is 0 Å². The lowest BCUT2D eigenvalue weighted by atomic mass is 10.2. The van der Waals surface area contributed by atoms with Gasteiger partial charge in [-0.15, -0.1) is 0 Å². The number of nitrogens with one attached hydrogen (secondary N) is 1. The normalized spacial score (nSPS) is 19.1. The Morgan fingerprint density at radius 1 is 1.32 bits per heavy atom. The molecule has 1 aromatic carbocycles. The molecule has 1 unspecified atom stereocenters. The second kappa shape index (κ2) is 8.06. The summed E-state index contributed by atoms with van der Waals surface area (Å²) in [6, 6.07) is 6.62. The van der Waals surface area contributed by atoms with E-state index in [1.165, 1.54) is 0 Å². The summed E-state index contributed by atoms with van der Waals surface area (Å²) in [5.41, 5.74) is 1.03. The summed E-state index contributed by atoms with van der Waals surface area (Å²) >= 11 is 0. The Hall–Kier alpha value is -0.950. The highest BCUT2D eigenvalue weighted by molar-refractivity contribution is 7.89. The van der Waals surface area contributed by atoms with Crippen molar-refractivity contribution in [2.24, 2.45) is 0 Å². The summed E-state index contributed by atoms with van der Waals surface area (Å²) in [5, 5.41) is 0. The SMILES string of the molecule is CCCCOCCC(NS(=O)(=O)c1ccc(C)cc1)[C@@H]1CO1. The van der Waals surface area contributed by atoms with Crippen LogP contribution in [-0.4, -0.2) is 40.4 Å². The summed E-state index contributed by atoms with van der Waals surface area (Å²) in [6.45, 7) is 5.91. The highest BCUT2D eigenvalue weighted by atomic mass is 32.2. The van der Waals surface area contributed by atoms with Crippen LogP contribution >= 0.6 is 0 Å². The van der Waals surface area contributed by atoms with E-state index >= 15 is 0 Å². The molecule has 1 N–H and O–H groups in total. The maximum atomic E-state index is 12.4. The molecule has 22 heavy (non-hydrogen) atoms. The minimum absolute atomic E-state index is 0.0324. The standard InChI is InChI=1S/C16H25NO4S/c1-3-4-10-20-11-9-15(16-12-21-16)17-22(18,19)14-7-5-13(2)6-8-14/h5-8,15-17H,3-4,9-12H2,1-2H3/t15?,16-/m0/s1. The number of aryl methyl sites for hydroxylation is 1. The van der Waals surface area contributed by atoms with Gasteiger partial charge in [-0.25, -0.2) is 13.1 Å². The minimum atomic E-state index is -3.51. The van der Waals surface area contributed by atoms with E-state index in [1.54, 1.807) is 24.3 Å². The topological polar surface area (TPSA) is 67.9 Å². The van der Waals surface area contributed by atoms with E-state index in [0.717, 1.165) is 25.0 Å². The highest BCUT2D eigenvalue weighted by Gasteiger charge is 2.35. The van der Waals surface area contributed by atoms with Gasteiger partial charge >= 0.3 is 0 Å². The number of ether oxygens (including phenoxy) is 2. The molecule has 2 atom stereocenters. The predicted molar refractivity (Wildman–Crippen MR) is 85.4 cm³/mol. The summed E-state index contributed by atoms with van der Waals surface area (Å²) < 4.78 is 38.4. The van der Waals surface area contributed by atoms with Gasteiger partial charge in [-0.05, 0) is 31.9 Å². The molecule has 1 aliphatic rings. The number of hydrogen-bond donors (Lipinski definition) is 1. The monoisotopic (exact) mass is 327 g/mol. The number of sulfonamides is 1. The predicted octanol–water partition coefficient (Wildman–Crippen LogP) is 2.25. The number of epoxide rings is 1. The molecule has 0 radical (unpaired) electrons. The Labute approximate surface area is 133 Å². The van der Waals surface area contributed by atoms with Crippen molar-refractivity contribution in [2.45, 2.75) is 50.2 Å². The van der Waals surface area contributed by atoms with Crippen LogP contribution in [0.4, 0.5) is 0 Å². The maximum Gasteiger partial charge on any atom is 0.240 e. The molecule has 1 aromatic rings. The maximum absolute atomic E-state index is 12.4. The number of unbranched alkanes of at least 4 members (excludes halogenated alkanes) is 1. The molecule has 124 valence electrons. The van der Waals surface area contributed by atoms with Gasteiger partial charge in [0, 0.05) is 13.2 Å². The first kappa shape index (κ1) is 17.4. The molecule has 0 bridgehead atoms. The van der Waals surface area contributed by atoms with Gasteiger partial charge in [0.1, 0.15) is 0 Å². The average molecular weight is 327 g/mol. The molecular formula is C16H25NO4S. The van der Waals surface area contributed by atoms with Crippen LogP contribution in [0.25, 0.3) is 0 Å². The summed E-state index contributed by atoms with van der Waals surface area (Å²) in [6.07, 6.45) is 2.71. The number of hydrogen-bond acceptors (Lipinski definition) is 4. The van der Waals surface area contributed by atoms with Crippen LogP contribution in [0.15, 0.2) is 29.2 Å². The zero-order valence-corrected chi connectivity index (χ0v) is 14.1. The fourth-order valence-electron chi connectivity index (χ4n) is 2.15. The smallest absolute Gasteiger partial charge is 0.240 e. The van der Waals surface area contributed by atoms with Crippen molar-refractivity contribution >= 4 is 10.0 Å². The van der Waals surface area contributed by atoms with Gasteiger partial charge in [0.05, 0.1) is 23.6 Å². The molecule has 1 saturated heterocycles. The van der Waals surface area contributed by atoms with Gasteiger partial charge in [-0.2, -0.15) is 0 Å². The first-order valence-electron chi connectivity index (χ1n) is 7.81. The molecule has 0 spiro atoms. The molecule has 2 rings (SSSR count). The van der Waals surface area contributed by atoms with Crippen molar-refractivity contribution in [3.8, 4) is 0 Å². The van der Waals surface area contributed by atoms with Gasteiger partial charge < -0.3 is 9.47 Å². The third kappa shape index (κ3) is 5.35.